The Hall–Kier alpha value is -3.70. The fourth-order valence-corrected chi connectivity index (χ4v) is 8.72. The molecule has 5 atom stereocenters. The number of methoxy groups -OCH3 is 1. The SMILES string of the molecule is COc1ccc(CCn2c(N3CCN(C)CC3)nc3cc(NC(=N[C@H]4C[C@@H]5C[C@@H]([C@H]4C)C5(C)C)N4CCN[C@@H](C)C4)ccc3c2=O)c(F)c1. The highest BCUT2D eigenvalue weighted by molar-refractivity contribution is 5.96. The molecule has 5 aliphatic rings. The number of aromatic nitrogens is 2. The maximum Gasteiger partial charge on any atom is 0.262 e. The van der Waals surface area contributed by atoms with Gasteiger partial charge in [0.25, 0.3) is 5.56 Å². The van der Waals surface area contributed by atoms with Gasteiger partial charge in [0.15, 0.2) is 5.96 Å². The number of rotatable bonds is 7. The zero-order chi connectivity index (χ0) is 34.4. The number of guanidine groups is 1. The molecule has 1 aromatic heterocycles. The first kappa shape index (κ1) is 33.8. The first-order chi connectivity index (χ1) is 23.5. The fourth-order valence-electron chi connectivity index (χ4n) is 8.72. The van der Waals surface area contributed by atoms with Crippen molar-refractivity contribution < 1.29 is 9.13 Å². The van der Waals surface area contributed by atoms with Gasteiger partial charge in [-0.05, 0) is 86.2 Å². The van der Waals surface area contributed by atoms with E-state index in [0.29, 0.717) is 64.4 Å². The van der Waals surface area contributed by atoms with Gasteiger partial charge in [-0.2, -0.15) is 0 Å². The highest BCUT2D eigenvalue weighted by atomic mass is 19.1. The molecule has 0 radical (unpaired) electrons. The summed E-state index contributed by atoms with van der Waals surface area (Å²) in [6.07, 6.45) is 2.82. The number of anilines is 2. The lowest BCUT2D eigenvalue weighted by Gasteiger charge is -2.61. The molecular formula is C38H53FN8O2. The highest BCUT2D eigenvalue weighted by Gasteiger charge is 2.56. The number of aliphatic imine (C=N–C) groups is 1. The van der Waals surface area contributed by atoms with Gasteiger partial charge in [-0.25, -0.2) is 14.4 Å². The minimum Gasteiger partial charge on any atom is -0.497 e. The van der Waals surface area contributed by atoms with E-state index in [-0.39, 0.29) is 17.4 Å². The van der Waals surface area contributed by atoms with E-state index in [1.54, 1.807) is 16.7 Å². The molecule has 11 heteroatoms. The van der Waals surface area contributed by atoms with E-state index < -0.39 is 0 Å². The molecule has 0 amide bonds. The van der Waals surface area contributed by atoms with Crippen molar-refractivity contribution in [2.24, 2.45) is 28.2 Å². The molecule has 5 fully saturated rings. The lowest BCUT2D eigenvalue weighted by atomic mass is 9.45. The third-order valence-electron chi connectivity index (χ3n) is 12.1. The van der Waals surface area contributed by atoms with Crippen LogP contribution in [0, 0.1) is 29.0 Å². The Kier molecular flexibility index (Phi) is 9.34. The number of nitrogens with one attached hydrogen (secondary N) is 2. The van der Waals surface area contributed by atoms with Crippen LogP contribution in [0.2, 0.25) is 0 Å². The molecule has 2 aromatic carbocycles. The van der Waals surface area contributed by atoms with Gasteiger partial charge in [-0.1, -0.05) is 26.8 Å². The molecular weight excluding hydrogens is 619 g/mol. The normalized spacial score (nSPS) is 27.2. The lowest BCUT2D eigenvalue weighted by Crippen LogP contribution is -2.57. The van der Waals surface area contributed by atoms with Gasteiger partial charge in [0.2, 0.25) is 5.95 Å². The van der Waals surface area contributed by atoms with Crippen molar-refractivity contribution >= 4 is 28.5 Å². The Balaban J connectivity index is 1.21. The van der Waals surface area contributed by atoms with Crippen molar-refractivity contribution in [1.82, 2.24) is 24.7 Å². The van der Waals surface area contributed by atoms with Gasteiger partial charge in [-0.15, -0.1) is 0 Å². The van der Waals surface area contributed by atoms with Gasteiger partial charge in [0.05, 0.1) is 24.1 Å². The van der Waals surface area contributed by atoms with Crippen LogP contribution in [0.3, 0.4) is 0 Å². The first-order valence-corrected chi connectivity index (χ1v) is 18.2. The molecule has 0 spiro atoms. The second-order valence-corrected chi connectivity index (χ2v) is 15.5. The van der Waals surface area contributed by atoms with Gasteiger partial charge in [0, 0.05) is 70.2 Å². The monoisotopic (exact) mass is 672 g/mol. The minimum atomic E-state index is -0.335. The van der Waals surface area contributed by atoms with Crippen LogP contribution in [-0.4, -0.2) is 97.4 Å². The average molecular weight is 673 g/mol. The summed E-state index contributed by atoms with van der Waals surface area (Å²) < 4.78 is 21.8. The smallest absolute Gasteiger partial charge is 0.262 e. The Bertz CT molecular complexity index is 1770. The van der Waals surface area contributed by atoms with E-state index in [1.807, 2.05) is 18.2 Å². The fraction of sp³-hybridized carbons (Fsp3) is 0.605. The molecule has 3 heterocycles. The number of benzene rings is 2. The van der Waals surface area contributed by atoms with Crippen LogP contribution in [-0.2, 0) is 13.0 Å². The molecule has 264 valence electrons. The van der Waals surface area contributed by atoms with Crippen molar-refractivity contribution in [2.45, 2.75) is 65.6 Å². The number of nitrogens with zero attached hydrogens (tertiary/aromatic N) is 6. The van der Waals surface area contributed by atoms with E-state index in [2.05, 4.69) is 60.1 Å². The second kappa shape index (κ2) is 13.5. The van der Waals surface area contributed by atoms with E-state index in [9.17, 15) is 9.18 Å². The molecule has 3 aliphatic carbocycles. The van der Waals surface area contributed by atoms with Gasteiger partial charge in [0.1, 0.15) is 11.6 Å². The highest BCUT2D eigenvalue weighted by Crippen LogP contribution is 2.61. The molecule has 10 nitrogen and oxygen atoms in total. The summed E-state index contributed by atoms with van der Waals surface area (Å²) in [6.45, 7) is 15.8. The maximum absolute atomic E-state index is 14.9. The summed E-state index contributed by atoms with van der Waals surface area (Å²) in [7, 11) is 3.63. The largest absolute Gasteiger partial charge is 0.497 e. The Morgan fingerprint density at radius 3 is 2.59 bits per heavy atom. The van der Waals surface area contributed by atoms with E-state index >= 15 is 0 Å². The van der Waals surface area contributed by atoms with Crippen LogP contribution in [0.25, 0.3) is 10.9 Å². The summed E-state index contributed by atoms with van der Waals surface area (Å²) in [4.78, 5) is 31.6. The summed E-state index contributed by atoms with van der Waals surface area (Å²) in [5.41, 5.74) is 2.36. The summed E-state index contributed by atoms with van der Waals surface area (Å²) >= 11 is 0. The molecule has 2 bridgehead atoms. The van der Waals surface area contributed by atoms with Crippen LogP contribution in [0.1, 0.15) is 46.1 Å². The van der Waals surface area contributed by atoms with Gasteiger partial charge in [-0.3, -0.25) is 9.36 Å². The van der Waals surface area contributed by atoms with Crippen LogP contribution in [0.4, 0.5) is 16.0 Å². The zero-order valence-corrected chi connectivity index (χ0v) is 30.0. The Labute approximate surface area is 289 Å². The number of ether oxygens (including phenoxy) is 1. The van der Waals surface area contributed by atoms with Gasteiger partial charge < -0.3 is 30.1 Å². The standard InChI is InChI=1S/C38H53FN8O2/c1-24-23-46(14-12-40-24)36(42-33-20-27-19-31(25(33)2)38(27,3)4)41-28-8-10-30-34(21-28)43-37(45-17-15-44(5)16-18-45)47(35(30)48)13-11-26-7-9-29(49-6)22-32(26)39/h7-10,21-22,24-25,27,31,33,40H,11-20,23H2,1-6H3,(H,41,42)/t24-,25+,27-,31-,33-/m0/s1. The van der Waals surface area contributed by atoms with Crippen molar-refractivity contribution in [3.8, 4) is 5.75 Å². The molecule has 0 unspecified atom stereocenters. The second-order valence-electron chi connectivity index (χ2n) is 15.5. The third-order valence-corrected chi connectivity index (χ3v) is 12.1. The number of likely N-dealkylation sites (N-methyl/N-ethyl adjacent to an activating group) is 1. The van der Waals surface area contributed by atoms with Crippen LogP contribution < -0.4 is 25.8 Å². The minimum absolute atomic E-state index is 0.109. The number of aryl methyl sites for hydroxylation is 1. The predicted octanol–water partition coefficient (Wildman–Crippen LogP) is 4.67. The third kappa shape index (κ3) is 6.64. The molecule has 3 aromatic rings. The molecule has 2 aliphatic heterocycles. The zero-order valence-electron chi connectivity index (χ0n) is 30.0. The number of hydrogen-bond donors (Lipinski definition) is 2. The van der Waals surface area contributed by atoms with Crippen molar-refractivity contribution in [3.05, 3.63) is 58.1 Å². The van der Waals surface area contributed by atoms with E-state index in [1.165, 1.54) is 19.6 Å². The van der Waals surface area contributed by atoms with Gasteiger partial charge >= 0.3 is 0 Å². The summed E-state index contributed by atoms with van der Waals surface area (Å²) in [5.74, 6) is 3.67. The Morgan fingerprint density at radius 1 is 1.10 bits per heavy atom. The number of halogens is 1. The molecule has 49 heavy (non-hydrogen) atoms. The van der Waals surface area contributed by atoms with Crippen molar-refractivity contribution in [2.75, 3.05) is 70.2 Å². The van der Waals surface area contributed by atoms with E-state index in [4.69, 9.17) is 14.7 Å². The lowest BCUT2D eigenvalue weighted by molar-refractivity contribution is -0.108. The van der Waals surface area contributed by atoms with Crippen molar-refractivity contribution in [3.63, 3.8) is 0 Å². The van der Waals surface area contributed by atoms with Crippen LogP contribution >= 0.6 is 0 Å². The quantitative estimate of drug-likeness (QED) is 0.277. The molecule has 3 saturated carbocycles. The molecule has 8 rings (SSSR count). The van der Waals surface area contributed by atoms with Crippen LogP contribution in [0.15, 0.2) is 46.2 Å². The van der Waals surface area contributed by atoms with Crippen molar-refractivity contribution in [1.29, 1.82) is 0 Å². The topological polar surface area (TPSA) is 90.3 Å². The molecule has 2 N–H and O–H groups in total. The maximum atomic E-state index is 14.9. The first-order valence-electron chi connectivity index (χ1n) is 18.2. The number of fused-ring (bicyclic) bond motifs is 3. The number of piperazine rings is 2. The van der Waals surface area contributed by atoms with E-state index in [0.717, 1.165) is 69.8 Å². The average Bonchev–Trinajstić information content (AvgIpc) is 3.08. The number of hydrogen-bond acceptors (Lipinski definition) is 7. The van der Waals surface area contributed by atoms with Crippen LogP contribution in [0.5, 0.6) is 5.75 Å². The summed E-state index contributed by atoms with van der Waals surface area (Å²) in [5, 5.41) is 7.83. The Morgan fingerprint density at radius 2 is 1.90 bits per heavy atom. The summed E-state index contributed by atoms with van der Waals surface area (Å²) in [6, 6.07) is 11.4. The molecule has 2 saturated heterocycles. The predicted molar refractivity (Wildman–Crippen MR) is 195 cm³/mol.